The molecule has 0 aliphatic rings. The number of aromatic nitrogens is 1. The van der Waals surface area contributed by atoms with Gasteiger partial charge in [0.25, 0.3) is 0 Å². The Morgan fingerprint density at radius 1 is 1.00 bits per heavy atom. The van der Waals surface area contributed by atoms with Crippen molar-refractivity contribution >= 4 is 39.9 Å². The second-order valence-electron chi connectivity index (χ2n) is 2.72. The van der Waals surface area contributed by atoms with Gasteiger partial charge in [-0.15, -0.1) is 0 Å². The zero-order chi connectivity index (χ0) is 9.80. The topological polar surface area (TPSA) is 12.9 Å². The summed E-state index contributed by atoms with van der Waals surface area (Å²) in [6, 6.07) is 14.5. The van der Waals surface area contributed by atoms with Crippen molar-refractivity contribution in [3.8, 4) is 0 Å². The molecule has 70 valence electrons. The van der Waals surface area contributed by atoms with E-state index in [2.05, 4.69) is 51.2 Å². The summed E-state index contributed by atoms with van der Waals surface area (Å²) in [5, 5.41) is 0. The molecule has 0 aliphatic heterocycles. The number of pyridine rings is 1. The summed E-state index contributed by atoms with van der Waals surface area (Å²) in [5.41, 5.74) is 0. The van der Waals surface area contributed by atoms with Gasteiger partial charge in [-0.3, -0.25) is 0 Å². The van der Waals surface area contributed by atoms with Crippen LogP contribution in [-0.2, 0) is 0 Å². The van der Waals surface area contributed by atoms with Crippen molar-refractivity contribution in [1.82, 2.24) is 4.98 Å². The van der Waals surface area contributed by atoms with Crippen molar-refractivity contribution in [3.63, 3.8) is 0 Å². The normalized spacial score (nSPS) is 10.1. The first kappa shape index (κ1) is 9.91. The van der Waals surface area contributed by atoms with Crippen LogP contribution >= 0.6 is 15.9 Å². The Morgan fingerprint density at radius 3 is 2.43 bits per heavy atom. The molecule has 0 amide bonds. The molecule has 14 heavy (non-hydrogen) atoms. The van der Waals surface area contributed by atoms with Gasteiger partial charge in [0.05, 0.1) is 0 Å². The molecule has 0 radical (unpaired) electrons. The first-order valence-electron chi connectivity index (χ1n) is 4.19. The van der Waals surface area contributed by atoms with Crippen LogP contribution in [0.1, 0.15) is 0 Å². The summed E-state index contributed by atoms with van der Waals surface area (Å²) in [7, 11) is 0. The molecular weight excluding hydrogens is 305 g/mol. The van der Waals surface area contributed by atoms with Crippen molar-refractivity contribution in [2.24, 2.45) is 0 Å². The van der Waals surface area contributed by atoms with Crippen LogP contribution in [0.5, 0.6) is 0 Å². The Bertz CT molecular complexity index is 399. The van der Waals surface area contributed by atoms with Gasteiger partial charge >= 0.3 is 98.1 Å². The molecule has 0 fully saturated rings. The molecule has 3 heteroatoms. The SMILES string of the molecule is Brc1ccc([Se]c2ccccn2)cc1. The molecule has 1 aromatic heterocycles. The summed E-state index contributed by atoms with van der Waals surface area (Å²) < 4.78 is 3.64. The predicted octanol–water partition coefficient (Wildman–Crippen LogP) is 1.50. The summed E-state index contributed by atoms with van der Waals surface area (Å²) in [6.45, 7) is 0. The molecule has 0 N–H and O–H groups in total. The molecule has 0 atom stereocenters. The fourth-order valence-electron chi connectivity index (χ4n) is 1.03. The van der Waals surface area contributed by atoms with Crippen molar-refractivity contribution in [1.29, 1.82) is 0 Å². The van der Waals surface area contributed by atoms with Crippen molar-refractivity contribution < 1.29 is 0 Å². The van der Waals surface area contributed by atoms with E-state index >= 15 is 0 Å². The standard InChI is InChI=1S/C11H8BrNSe/c12-9-4-6-10(7-5-9)14-11-3-1-2-8-13-11/h1-8H. The Morgan fingerprint density at radius 2 is 1.79 bits per heavy atom. The average molecular weight is 313 g/mol. The van der Waals surface area contributed by atoms with Crippen molar-refractivity contribution in [2.45, 2.75) is 0 Å². The van der Waals surface area contributed by atoms with Gasteiger partial charge in [-0.05, 0) is 0 Å². The van der Waals surface area contributed by atoms with E-state index in [-0.39, 0.29) is 0 Å². The Labute approximate surface area is 97.9 Å². The fourth-order valence-corrected chi connectivity index (χ4v) is 2.92. The minimum absolute atomic E-state index is 0.321. The number of halogens is 1. The van der Waals surface area contributed by atoms with Crippen LogP contribution in [0.2, 0.25) is 0 Å². The van der Waals surface area contributed by atoms with Gasteiger partial charge in [0.2, 0.25) is 0 Å². The van der Waals surface area contributed by atoms with Gasteiger partial charge in [-0.1, -0.05) is 0 Å². The van der Waals surface area contributed by atoms with E-state index in [1.54, 1.807) is 0 Å². The van der Waals surface area contributed by atoms with Gasteiger partial charge in [-0.2, -0.15) is 0 Å². The second kappa shape index (κ2) is 4.74. The molecule has 0 aliphatic carbocycles. The molecular formula is C11H8BrNSe. The first-order valence-corrected chi connectivity index (χ1v) is 6.70. The molecule has 0 bridgehead atoms. The summed E-state index contributed by atoms with van der Waals surface area (Å²) >= 11 is 3.74. The number of nitrogens with zero attached hydrogens (tertiary/aromatic N) is 1. The third kappa shape index (κ3) is 2.68. The maximum atomic E-state index is 4.31. The predicted molar refractivity (Wildman–Crippen MR) is 63.4 cm³/mol. The van der Waals surface area contributed by atoms with Gasteiger partial charge < -0.3 is 0 Å². The molecule has 2 rings (SSSR count). The zero-order valence-corrected chi connectivity index (χ0v) is 10.7. The van der Waals surface area contributed by atoms with Crippen LogP contribution in [0, 0.1) is 0 Å². The van der Waals surface area contributed by atoms with Crippen LogP contribution in [-0.4, -0.2) is 19.9 Å². The molecule has 2 aromatic rings. The number of hydrogen-bond acceptors (Lipinski definition) is 1. The molecule has 0 saturated heterocycles. The van der Waals surface area contributed by atoms with Crippen molar-refractivity contribution in [2.75, 3.05) is 0 Å². The maximum absolute atomic E-state index is 4.31. The molecule has 0 unspecified atom stereocenters. The van der Waals surface area contributed by atoms with Crippen LogP contribution in [0.15, 0.2) is 53.1 Å². The van der Waals surface area contributed by atoms with Crippen LogP contribution in [0.25, 0.3) is 0 Å². The van der Waals surface area contributed by atoms with E-state index in [4.69, 9.17) is 0 Å². The van der Waals surface area contributed by atoms with Gasteiger partial charge in [0, 0.05) is 0 Å². The quantitative estimate of drug-likeness (QED) is 0.766. The number of hydrogen-bond donors (Lipinski definition) is 0. The van der Waals surface area contributed by atoms with E-state index in [1.165, 1.54) is 9.05 Å². The first-order chi connectivity index (χ1) is 6.84. The van der Waals surface area contributed by atoms with E-state index in [0.29, 0.717) is 15.0 Å². The number of rotatable bonds is 2. The molecule has 1 aromatic carbocycles. The molecule has 1 heterocycles. The Kier molecular flexibility index (Phi) is 3.35. The Balaban J connectivity index is 2.16. The second-order valence-corrected chi connectivity index (χ2v) is 5.93. The van der Waals surface area contributed by atoms with E-state index in [1.807, 2.05) is 18.3 Å². The van der Waals surface area contributed by atoms with E-state index in [0.717, 1.165) is 4.47 Å². The van der Waals surface area contributed by atoms with Gasteiger partial charge in [0.15, 0.2) is 0 Å². The summed E-state index contributed by atoms with van der Waals surface area (Å²) in [6.07, 6.45) is 1.84. The minimum atomic E-state index is 0.321. The zero-order valence-electron chi connectivity index (χ0n) is 7.35. The van der Waals surface area contributed by atoms with Gasteiger partial charge in [-0.25, -0.2) is 0 Å². The fraction of sp³-hybridized carbons (Fsp3) is 0. The third-order valence-corrected chi connectivity index (χ3v) is 4.21. The molecule has 0 spiro atoms. The summed E-state index contributed by atoms with van der Waals surface area (Å²) in [4.78, 5) is 4.31. The third-order valence-electron chi connectivity index (χ3n) is 1.67. The molecule has 0 saturated carbocycles. The van der Waals surface area contributed by atoms with Crippen molar-refractivity contribution in [3.05, 3.63) is 53.1 Å². The van der Waals surface area contributed by atoms with Crippen LogP contribution in [0.3, 0.4) is 0 Å². The average Bonchev–Trinajstić information content (AvgIpc) is 2.23. The van der Waals surface area contributed by atoms with Gasteiger partial charge in [0.1, 0.15) is 0 Å². The number of benzene rings is 1. The molecule has 1 nitrogen and oxygen atoms in total. The summed E-state index contributed by atoms with van der Waals surface area (Å²) in [5.74, 6) is 0. The van der Waals surface area contributed by atoms with E-state index < -0.39 is 0 Å². The Hall–Kier alpha value is -0.631. The monoisotopic (exact) mass is 313 g/mol. The van der Waals surface area contributed by atoms with E-state index in [9.17, 15) is 0 Å². The van der Waals surface area contributed by atoms with Crippen LogP contribution < -0.4 is 9.05 Å². The van der Waals surface area contributed by atoms with Crippen LogP contribution in [0.4, 0.5) is 0 Å².